The van der Waals surface area contributed by atoms with Gasteiger partial charge in [0.2, 0.25) is 17.7 Å². The second-order valence-corrected chi connectivity index (χ2v) is 15.5. The Hall–Kier alpha value is -5.78. The average Bonchev–Trinajstić information content (AvgIpc) is 3.51. The van der Waals surface area contributed by atoms with E-state index in [9.17, 15) is 9.59 Å². The Morgan fingerprint density at radius 3 is 2.20 bits per heavy atom. The number of halogens is 2. The Bertz CT molecular complexity index is 2250. The normalized spacial score (nSPS) is 17.4. The van der Waals surface area contributed by atoms with E-state index in [1.807, 2.05) is 88.4 Å². The zero-order valence-electron chi connectivity index (χ0n) is 32.4. The smallest absolute Gasteiger partial charge is 0.410 e. The highest BCUT2D eigenvalue weighted by molar-refractivity contribution is 5.97. The molecule has 2 amide bonds. The van der Waals surface area contributed by atoms with Crippen molar-refractivity contribution in [1.29, 1.82) is 0 Å². The summed E-state index contributed by atoms with van der Waals surface area (Å²) in [7, 11) is 1.62. The molecule has 0 saturated carbocycles. The van der Waals surface area contributed by atoms with Gasteiger partial charge in [-0.3, -0.25) is 9.48 Å². The highest BCUT2D eigenvalue weighted by Crippen LogP contribution is 2.40. The fourth-order valence-electron chi connectivity index (χ4n) is 7.44. The number of piperidine rings is 1. The van der Waals surface area contributed by atoms with Gasteiger partial charge in [-0.1, -0.05) is 73.7 Å². The maximum absolute atomic E-state index is 16.6. The highest BCUT2D eigenvalue weighted by atomic mass is 19.1. The van der Waals surface area contributed by atoms with Crippen molar-refractivity contribution in [2.24, 2.45) is 18.9 Å². The summed E-state index contributed by atoms with van der Waals surface area (Å²) in [5.41, 5.74) is 2.58. The zero-order chi connectivity index (χ0) is 39.6. The molecule has 7 rings (SSSR count). The van der Waals surface area contributed by atoms with Gasteiger partial charge in [0.25, 0.3) is 0 Å². The van der Waals surface area contributed by atoms with Gasteiger partial charge in [0.1, 0.15) is 35.8 Å². The third-order valence-electron chi connectivity index (χ3n) is 10.3. The van der Waals surface area contributed by atoms with Crippen molar-refractivity contribution in [2.45, 2.75) is 59.4 Å². The Labute approximate surface area is 325 Å². The number of fused-ring (bicyclic) bond motifs is 1. The third kappa shape index (κ3) is 8.39. The molecule has 0 radical (unpaired) electrons. The number of ether oxygens (including phenoxy) is 3. The number of rotatable bonds is 9. The fraction of sp³-hybridized carbons (Fsp3) is 0.364. The summed E-state index contributed by atoms with van der Waals surface area (Å²) in [6.45, 7) is 9.36. The number of carbonyl (C=O) groups is 2. The lowest BCUT2D eigenvalue weighted by Crippen LogP contribution is -2.50. The van der Waals surface area contributed by atoms with E-state index in [1.54, 1.807) is 35.1 Å². The molecule has 4 heterocycles. The van der Waals surface area contributed by atoms with Crippen molar-refractivity contribution in [3.63, 3.8) is 0 Å². The molecule has 10 nitrogen and oxygen atoms in total. The summed E-state index contributed by atoms with van der Waals surface area (Å²) < 4.78 is 51.9. The minimum Gasteiger partial charge on any atom is -0.473 e. The molecule has 2 aliphatic rings. The van der Waals surface area contributed by atoms with Crippen molar-refractivity contribution in [1.82, 2.24) is 24.6 Å². The SMILES string of the molecule is C[C@@H]1CN(C(=O)OC(C)(C)C)CC[C@@H]1C(=O)N1CC=C(c2c(F)cc3c(-c4ccc(OCc5ccccc5)nc4OCc4ccccc4)nn(C)c3c2F)CC1. The van der Waals surface area contributed by atoms with Crippen LogP contribution in [0, 0.1) is 23.5 Å². The van der Waals surface area contributed by atoms with Gasteiger partial charge in [0.05, 0.1) is 11.1 Å². The summed E-state index contributed by atoms with van der Waals surface area (Å²) in [6.07, 6.45) is 2.16. The Morgan fingerprint density at radius 1 is 0.893 bits per heavy atom. The number of pyridine rings is 1. The van der Waals surface area contributed by atoms with Crippen LogP contribution in [-0.2, 0) is 29.8 Å². The van der Waals surface area contributed by atoms with Crippen LogP contribution in [0.2, 0.25) is 0 Å². The lowest BCUT2D eigenvalue weighted by atomic mass is 9.85. The first-order valence-electron chi connectivity index (χ1n) is 19.0. The minimum atomic E-state index is -0.724. The number of nitrogens with zero attached hydrogens (tertiary/aromatic N) is 5. The number of amides is 2. The van der Waals surface area contributed by atoms with E-state index in [0.29, 0.717) is 55.4 Å². The van der Waals surface area contributed by atoms with Gasteiger partial charge in [-0.05, 0) is 68.4 Å². The Balaban J connectivity index is 1.11. The second kappa shape index (κ2) is 16.1. The van der Waals surface area contributed by atoms with E-state index in [1.165, 1.54) is 10.7 Å². The van der Waals surface area contributed by atoms with E-state index in [0.717, 1.165) is 11.1 Å². The molecule has 2 aliphatic heterocycles. The average molecular weight is 764 g/mol. The van der Waals surface area contributed by atoms with Gasteiger partial charge >= 0.3 is 6.09 Å². The highest BCUT2D eigenvalue weighted by Gasteiger charge is 2.37. The van der Waals surface area contributed by atoms with E-state index in [2.05, 4.69) is 10.1 Å². The number of benzene rings is 3. The van der Waals surface area contributed by atoms with Gasteiger partial charge in [0.15, 0.2) is 5.82 Å². The molecule has 12 heteroatoms. The predicted molar refractivity (Wildman–Crippen MR) is 210 cm³/mol. The van der Waals surface area contributed by atoms with Crippen LogP contribution >= 0.6 is 0 Å². The monoisotopic (exact) mass is 763 g/mol. The molecule has 2 atom stereocenters. The molecule has 2 aromatic heterocycles. The maximum Gasteiger partial charge on any atom is 0.410 e. The number of carbonyl (C=O) groups excluding carboxylic acids is 2. The lowest BCUT2D eigenvalue weighted by molar-refractivity contribution is -0.138. The topological polar surface area (TPSA) is 99.0 Å². The van der Waals surface area contributed by atoms with Crippen LogP contribution < -0.4 is 9.47 Å². The summed E-state index contributed by atoms with van der Waals surface area (Å²) in [6, 6.07) is 24.1. The lowest BCUT2D eigenvalue weighted by Gasteiger charge is -2.39. The van der Waals surface area contributed by atoms with E-state index >= 15 is 8.78 Å². The maximum atomic E-state index is 16.6. The van der Waals surface area contributed by atoms with Crippen molar-refractivity contribution in [3.8, 4) is 23.0 Å². The van der Waals surface area contributed by atoms with Crippen LogP contribution in [0.3, 0.4) is 0 Å². The quantitative estimate of drug-likeness (QED) is 0.148. The minimum absolute atomic E-state index is 0.0142. The number of aromatic nitrogens is 3. The van der Waals surface area contributed by atoms with Gasteiger partial charge < -0.3 is 24.0 Å². The molecule has 1 saturated heterocycles. The van der Waals surface area contributed by atoms with Crippen molar-refractivity contribution in [3.05, 3.63) is 113 Å². The van der Waals surface area contributed by atoms with Crippen LogP contribution in [0.15, 0.2) is 84.9 Å². The van der Waals surface area contributed by atoms with Crippen LogP contribution in [-0.4, -0.2) is 68.3 Å². The molecule has 0 unspecified atom stereocenters. The molecule has 3 aromatic carbocycles. The number of aryl methyl sites for hydroxylation is 1. The summed E-state index contributed by atoms with van der Waals surface area (Å²) in [5.74, 6) is -1.24. The standard InChI is InChI=1S/C44H47F2N5O5/c1-28-25-51(43(53)56-44(2,3)4)23-20-32(28)42(52)50-21-18-31(19-22-50)37-35(45)24-34-39(48-49(5)40(34)38(37)46)33-16-17-36(54-26-29-12-8-6-9-13-29)47-41(33)55-27-30-14-10-7-11-15-30/h6-18,24,28,32H,19-23,25-27H2,1-5H3/t28-,32+/m1/s1. The first-order valence-corrected chi connectivity index (χ1v) is 19.0. The first kappa shape index (κ1) is 38.5. The summed E-state index contributed by atoms with van der Waals surface area (Å²) in [4.78, 5) is 34.4. The van der Waals surface area contributed by atoms with Gasteiger partial charge in [0, 0.05) is 50.6 Å². The molecule has 56 heavy (non-hydrogen) atoms. The van der Waals surface area contributed by atoms with Crippen molar-refractivity contribution in [2.75, 3.05) is 26.2 Å². The number of likely N-dealkylation sites (tertiary alicyclic amines) is 1. The molecular weight excluding hydrogens is 717 g/mol. The molecule has 0 N–H and O–H groups in total. The van der Waals surface area contributed by atoms with E-state index < -0.39 is 17.2 Å². The van der Waals surface area contributed by atoms with Crippen LogP contribution in [0.1, 0.15) is 57.2 Å². The molecule has 0 aliphatic carbocycles. The van der Waals surface area contributed by atoms with E-state index in [4.69, 9.17) is 14.2 Å². The first-order chi connectivity index (χ1) is 26.9. The van der Waals surface area contributed by atoms with E-state index in [-0.39, 0.29) is 65.8 Å². The summed E-state index contributed by atoms with van der Waals surface area (Å²) >= 11 is 0. The predicted octanol–water partition coefficient (Wildman–Crippen LogP) is 8.58. The second-order valence-electron chi connectivity index (χ2n) is 15.5. The molecule has 1 fully saturated rings. The van der Waals surface area contributed by atoms with Gasteiger partial charge in [-0.25, -0.2) is 13.6 Å². The van der Waals surface area contributed by atoms with Gasteiger partial charge in [-0.2, -0.15) is 10.1 Å². The Kier molecular flexibility index (Phi) is 11.1. The van der Waals surface area contributed by atoms with Crippen LogP contribution in [0.5, 0.6) is 11.8 Å². The molecule has 5 aromatic rings. The molecule has 0 spiro atoms. The van der Waals surface area contributed by atoms with Crippen LogP contribution in [0.4, 0.5) is 13.6 Å². The molecule has 292 valence electrons. The molecular formula is C44H47F2N5O5. The third-order valence-corrected chi connectivity index (χ3v) is 10.3. The largest absolute Gasteiger partial charge is 0.473 e. The van der Waals surface area contributed by atoms with Crippen molar-refractivity contribution >= 4 is 28.5 Å². The van der Waals surface area contributed by atoms with Crippen LogP contribution in [0.25, 0.3) is 27.7 Å². The van der Waals surface area contributed by atoms with Gasteiger partial charge in [-0.15, -0.1) is 0 Å². The fourth-order valence-corrected chi connectivity index (χ4v) is 7.44. The van der Waals surface area contributed by atoms with Crippen molar-refractivity contribution < 1.29 is 32.6 Å². The number of hydrogen-bond acceptors (Lipinski definition) is 7. The number of hydrogen-bond donors (Lipinski definition) is 0. The zero-order valence-corrected chi connectivity index (χ0v) is 32.4. The Morgan fingerprint density at radius 2 is 1.57 bits per heavy atom. The molecule has 0 bridgehead atoms. The summed E-state index contributed by atoms with van der Waals surface area (Å²) in [5, 5.41) is 4.93.